The van der Waals surface area contributed by atoms with E-state index in [1.165, 1.54) is 11.3 Å². The molecule has 11 heavy (non-hydrogen) atoms. The van der Waals surface area contributed by atoms with Crippen LogP contribution in [-0.4, -0.2) is 6.54 Å². The fourth-order valence-corrected chi connectivity index (χ4v) is 2.30. The highest BCUT2D eigenvalue weighted by Crippen LogP contribution is 2.32. The second-order valence-corrected chi connectivity index (χ2v) is 4.45. The first-order chi connectivity index (χ1) is 5.24. The van der Waals surface area contributed by atoms with Crippen LogP contribution in [0.4, 0.5) is 0 Å². The summed E-state index contributed by atoms with van der Waals surface area (Å²) in [7, 11) is 0. The van der Waals surface area contributed by atoms with Gasteiger partial charge < -0.3 is 5.73 Å². The summed E-state index contributed by atoms with van der Waals surface area (Å²) in [6.45, 7) is 0.563. The Morgan fingerprint density at radius 2 is 2.45 bits per heavy atom. The molecule has 1 aromatic rings. The van der Waals surface area contributed by atoms with Gasteiger partial charge in [-0.2, -0.15) is 0 Å². The molecule has 0 radical (unpaired) electrons. The first-order valence-electron chi connectivity index (χ1n) is 3.05. The van der Waals surface area contributed by atoms with Crippen molar-refractivity contribution in [2.24, 2.45) is 5.73 Å². The molecule has 0 atom stereocenters. The summed E-state index contributed by atoms with van der Waals surface area (Å²) in [5, 5.41) is 0. The average molecular weight is 253 g/mol. The van der Waals surface area contributed by atoms with Crippen LogP contribution in [0.5, 0.6) is 0 Å². The van der Waals surface area contributed by atoms with Gasteiger partial charge in [-0.3, -0.25) is 0 Å². The highest BCUT2D eigenvalue weighted by atomic mass is 79.9. The Labute approximate surface area is 83.0 Å². The van der Waals surface area contributed by atoms with Gasteiger partial charge in [0.05, 0.1) is 0 Å². The molecule has 60 valence electrons. The first kappa shape index (κ1) is 9.26. The summed E-state index contributed by atoms with van der Waals surface area (Å²) in [5.74, 6) is 0. The second-order valence-electron chi connectivity index (χ2n) is 1.91. The van der Waals surface area contributed by atoms with Gasteiger partial charge in [0.2, 0.25) is 0 Å². The van der Waals surface area contributed by atoms with Crippen molar-refractivity contribution in [3.63, 3.8) is 0 Å². The number of rotatable bonds is 2. The summed E-state index contributed by atoms with van der Waals surface area (Å²) < 4.78 is 1.72. The average Bonchev–Trinajstić information content (AvgIpc) is 2.28. The summed E-state index contributed by atoms with van der Waals surface area (Å²) in [6, 6.07) is 1.97. The molecule has 1 aromatic heterocycles. The van der Waals surface area contributed by atoms with Gasteiger partial charge in [0, 0.05) is 15.9 Å². The second kappa shape index (κ2) is 4.26. The molecule has 0 amide bonds. The Hall–Kier alpha value is 0.170. The molecular formula is C7H7BrClNS. The topological polar surface area (TPSA) is 26.0 Å². The van der Waals surface area contributed by atoms with Crippen LogP contribution in [0.2, 0.25) is 4.34 Å². The van der Waals surface area contributed by atoms with E-state index in [0.29, 0.717) is 6.54 Å². The number of thiophene rings is 1. The number of nitrogens with two attached hydrogens (primary N) is 1. The molecule has 1 heterocycles. The summed E-state index contributed by atoms with van der Waals surface area (Å²) in [4.78, 5) is 1.12. The molecule has 0 bridgehead atoms. The standard InChI is InChI=1S/C7H7BrClNS/c8-6-4-5(2-1-3-10)11-7(6)9/h1-2,4H,3,10H2/b2-1+. The molecule has 0 aromatic carbocycles. The molecule has 1 rings (SSSR count). The van der Waals surface area contributed by atoms with E-state index < -0.39 is 0 Å². The molecule has 0 spiro atoms. The van der Waals surface area contributed by atoms with Crippen LogP contribution in [-0.2, 0) is 0 Å². The Morgan fingerprint density at radius 1 is 1.73 bits per heavy atom. The predicted molar refractivity (Wildman–Crippen MR) is 55.1 cm³/mol. The van der Waals surface area contributed by atoms with Gasteiger partial charge in [0.15, 0.2) is 0 Å². The quantitative estimate of drug-likeness (QED) is 0.860. The zero-order valence-electron chi connectivity index (χ0n) is 5.68. The minimum Gasteiger partial charge on any atom is -0.327 e. The summed E-state index contributed by atoms with van der Waals surface area (Å²) in [6.07, 6.45) is 3.86. The van der Waals surface area contributed by atoms with Crippen molar-refractivity contribution in [3.8, 4) is 0 Å². The smallest absolute Gasteiger partial charge is 0.108 e. The number of halogens is 2. The van der Waals surface area contributed by atoms with E-state index >= 15 is 0 Å². The van der Waals surface area contributed by atoms with Crippen LogP contribution in [0.25, 0.3) is 6.08 Å². The van der Waals surface area contributed by atoms with E-state index in [0.717, 1.165) is 13.7 Å². The molecule has 0 unspecified atom stereocenters. The molecule has 0 fully saturated rings. The number of hydrogen-bond donors (Lipinski definition) is 1. The van der Waals surface area contributed by atoms with E-state index in [-0.39, 0.29) is 0 Å². The zero-order chi connectivity index (χ0) is 8.27. The predicted octanol–water partition coefficient (Wildman–Crippen LogP) is 3.14. The monoisotopic (exact) mass is 251 g/mol. The van der Waals surface area contributed by atoms with Gasteiger partial charge in [-0.15, -0.1) is 11.3 Å². The fourth-order valence-electron chi connectivity index (χ4n) is 0.630. The maximum atomic E-state index is 5.81. The number of hydrogen-bond acceptors (Lipinski definition) is 2. The molecule has 0 saturated carbocycles. The van der Waals surface area contributed by atoms with Gasteiger partial charge >= 0.3 is 0 Å². The molecule has 0 saturated heterocycles. The van der Waals surface area contributed by atoms with Crippen molar-refractivity contribution in [3.05, 3.63) is 25.8 Å². The third kappa shape index (κ3) is 2.60. The van der Waals surface area contributed by atoms with Crippen molar-refractivity contribution in [2.75, 3.05) is 6.54 Å². The van der Waals surface area contributed by atoms with E-state index in [9.17, 15) is 0 Å². The van der Waals surface area contributed by atoms with Crippen LogP contribution in [0.1, 0.15) is 4.88 Å². The van der Waals surface area contributed by atoms with E-state index in [1.54, 1.807) is 0 Å². The maximum Gasteiger partial charge on any atom is 0.108 e. The van der Waals surface area contributed by atoms with Crippen LogP contribution in [0.3, 0.4) is 0 Å². The Kier molecular flexibility index (Phi) is 3.59. The third-order valence-electron chi connectivity index (χ3n) is 1.08. The summed E-state index contributed by atoms with van der Waals surface area (Å²) >= 11 is 10.7. The Balaban J connectivity index is 2.80. The fraction of sp³-hybridized carbons (Fsp3) is 0.143. The van der Waals surface area contributed by atoms with Crippen LogP contribution < -0.4 is 5.73 Å². The molecule has 2 N–H and O–H groups in total. The zero-order valence-corrected chi connectivity index (χ0v) is 8.84. The van der Waals surface area contributed by atoms with Gasteiger partial charge in [-0.25, -0.2) is 0 Å². The molecule has 4 heteroatoms. The normalized spacial score (nSPS) is 11.2. The highest BCUT2D eigenvalue weighted by molar-refractivity contribution is 9.10. The van der Waals surface area contributed by atoms with Crippen molar-refractivity contribution < 1.29 is 0 Å². The lowest BCUT2D eigenvalue weighted by atomic mass is 10.4. The minimum atomic E-state index is 0.563. The van der Waals surface area contributed by atoms with Gasteiger partial charge in [0.25, 0.3) is 0 Å². The van der Waals surface area contributed by atoms with Crippen LogP contribution in [0, 0.1) is 0 Å². The largest absolute Gasteiger partial charge is 0.327 e. The Morgan fingerprint density at radius 3 is 2.91 bits per heavy atom. The van der Waals surface area contributed by atoms with Crippen molar-refractivity contribution >= 4 is 44.9 Å². The van der Waals surface area contributed by atoms with Crippen molar-refractivity contribution in [2.45, 2.75) is 0 Å². The minimum absolute atomic E-state index is 0.563. The first-order valence-corrected chi connectivity index (χ1v) is 5.04. The molecule has 0 aliphatic heterocycles. The van der Waals surface area contributed by atoms with Crippen molar-refractivity contribution in [1.29, 1.82) is 0 Å². The lowest BCUT2D eigenvalue weighted by Crippen LogP contribution is -1.91. The Bertz CT molecular complexity index is 250. The van der Waals surface area contributed by atoms with E-state index in [2.05, 4.69) is 15.9 Å². The van der Waals surface area contributed by atoms with Crippen molar-refractivity contribution in [1.82, 2.24) is 0 Å². The molecule has 1 nitrogen and oxygen atoms in total. The van der Waals surface area contributed by atoms with Gasteiger partial charge in [-0.1, -0.05) is 17.7 Å². The molecular weight excluding hydrogens is 246 g/mol. The van der Waals surface area contributed by atoms with Crippen LogP contribution >= 0.6 is 38.9 Å². The van der Waals surface area contributed by atoms with Crippen LogP contribution in [0.15, 0.2) is 16.6 Å². The highest BCUT2D eigenvalue weighted by Gasteiger charge is 2.00. The van der Waals surface area contributed by atoms with E-state index in [1.807, 2.05) is 18.2 Å². The molecule has 0 aliphatic carbocycles. The van der Waals surface area contributed by atoms with Gasteiger partial charge in [0.1, 0.15) is 4.34 Å². The van der Waals surface area contributed by atoms with Gasteiger partial charge in [-0.05, 0) is 28.1 Å². The lowest BCUT2D eigenvalue weighted by molar-refractivity contribution is 1.26. The molecule has 0 aliphatic rings. The third-order valence-corrected chi connectivity index (χ3v) is 3.52. The summed E-state index contributed by atoms with van der Waals surface area (Å²) in [5.41, 5.74) is 5.29. The maximum absolute atomic E-state index is 5.81. The van der Waals surface area contributed by atoms with E-state index in [4.69, 9.17) is 17.3 Å². The SMILES string of the molecule is NC/C=C/c1cc(Br)c(Cl)s1. The lowest BCUT2D eigenvalue weighted by Gasteiger charge is -1.79.